The van der Waals surface area contributed by atoms with Gasteiger partial charge < -0.3 is 15.0 Å². The average molecular weight is 437 g/mol. The fourth-order valence-electron chi connectivity index (χ4n) is 2.76. The van der Waals surface area contributed by atoms with Crippen LogP contribution >= 0.6 is 23.2 Å². The third-order valence-corrected chi connectivity index (χ3v) is 5.03. The molecule has 0 aromatic heterocycles. The monoisotopic (exact) mass is 436 g/mol. The Morgan fingerprint density at radius 1 is 1.07 bits per heavy atom. The number of ether oxygens (including phenoxy) is 1. The lowest BCUT2D eigenvalue weighted by molar-refractivity contribution is -0.142. The Morgan fingerprint density at radius 2 is 1.79 bits per heavy atom. The van der Waals surface area contributed by atoms with Gasteiger partial charge in [-0.25, -0.2) is 0 Å². The Kier molecular flexibility index (Phi) is 8.35. The van der Waals surface area contributed by atoms with E-state index in [1.807, 2.05) is 39.0 Å². The highest BCUT2D eigenvalue weighted by Gasteiger charge is 2.27. The number of nitrogens with zero attached hydrogens (tertiary/aromatic N) is 1. The minimum atomic E-state index is -0.680. The normalized spacial score (nSPS) is 11.8. The second kappa shape index (κ2) is 10.5. The van der Waals surface area contributed by atoms with Crippen molar-refractivity contribution in [3.63, 3.8) is 0 Å². The van der Waals surface area contributed by atoms with Crippen molar-refractivity contribution >= 4 is 35.0 Å². The van der Waals surface area contributed by atoms with Gasteiger partial charge in [-0.3, -0.25) is 9.59 Å². The Labute approximate surface area is 181 Å². The minimum Gasteiger partial charge on any atom is -0.484 e. The quantitative estimate of drug-likeness (QED) is 0.656. The third kappa shape index (κ3) is 6.94. The van der Waals surface area contributed by atoms with Crippen molar-refractivity contribution in [3.8, 4) is 5.75 Å². The molecule has 2 aromatic carbocycles. The van der Waals surface area contributed by atoms with Gasteiger partial charge in [0.1, 0.15) is 11.8 Å². The molecular formula is C22H26Cl2N2O3. The van der Waals surface area contributed by atoms with Crippen molar-refractivity contribution in [2.75, 3.05) is 6.61 Å². The number of benzene rings is 2. The molecule has 156 valence electrons. The van der Waals surface area contributed by atoms with E-state index < -0.39 is 6.04 Å². The maximum absolute atomic E-state index is 13.0. The van der Waals surface area contributed by atoms with E-state index in [0.29, 0.717) is 15.8 Å². The molecule has 0 spiro atoms. The van der Waals surface area contributed by atoms with Crippen molar-refractivity contribution in [2.45, 2.75) is 46.3 Å². The predicted octanol–water partition coefficient (Wildman–Crippen LogP) is 4.62. The molecule has 0 fully saturated rings. The Morgan fingerprint density at radius 3 is 2.41 bits per heavy atom. The van der Waals surface area contributed by atoms with Crippen LogP contribution in [-0.4, -0.2) is 35.4 Å². The highest BCUT2D eigenvalue weighted by Crippen LogP contribution is 2.24. The number of halogens is 2. The van der Waals surface area contributed by atoms with E-state index in [-0.39, 0.29) is 31.0 Å². The minimum absolute atomic E-state index is 0.0320. The first-order chi connectivity index (χ1) is 13.7. The van der Waals surface area contributed by atoms with Gasteiger partial charge in [-0.05, 0) is 63.1 Å². The molecule has 7 heteroatoms. The van der Waals surface area contributed by atoms with Crippen LogP contribution in [0.3, 0.4) is 0 Å². The molecule has 0 saturated carbocycles. The molecule has 0 unspecified atom stereocenters. The molecule has 0 bridgehead atoms. The molecule has 5 nitrogen and oxygen atoms in total. The van der Waals surface area contributed by atoms with Crippen molar-refractivity contribution in [1.82, 2.24) is 10.2 Å². The third-order valence-electron chi connectivity index (χ3n) is 4.29. The van der Waals surface area contributed by atoms with Gasteiger partial charge in [0.15, 0.2) is 6.61 Å². The van der Waals surface area contributed by atoms with Gasteiger partial charge in [0, 0.05) is 12.6 Å². The molecule has 0 aliphatic rings. The molecule has 29 heavy (non-hydrogen) atoms. The molecule has 1 atom stereocenters. The highest BCUT2D eigenvalue weighted by atomic mass is 35.5. The Balaban J connectivity index is 2.18. The molecule has 0 aliphatic heterocycles. The van der Waals surface area contributed by atoms with Crippen LogP contribution in [-0.2, 0) is 16.1 Å². The summed E-state index contributed by atoms with van der Waals surface area (Å²) in [5, 5.41) is 3.67. The largest absolute Gasteiger partial charge is 0.484 e. The van der Waals surface area contributed by atoms with Crippen LogP contribution in [0.1, 0.15) is 31.9 Å². The fraction of sp³-hybridized carbons (Fsp3) is 0.364. The molecular weight excluding hydrogens is 411 g/mol. The fourth-order valence-corrected chi connectivity index (χ4v) is 3.08. The SMILES string of the molecule is Cc1cccc(OCC(=O)N(Cc2ccc(Cl)c(Cl)c2)[C@@H](C)C(=O)NC(C)C)c1. The summed E-state index contributed by atoms with van der Waals surface area (Å²) >= 11 is 12.1. The Hall–Kier alpha value is -2.24. The lowest BCUT2D eigenvalue weighted by Gasteiger charge is -2.29. The lowest BCUT2D eigenvalue weighted by atomic mass is 10.1. The first-order valence-corrected chi connectivity index (χ1v) is 10.2. The molecule has 0 aliphatic carbocycles. The van der Waals surface area contributed by atoms with Crippen LogP contribution < -0.4 is 10.1 Å². The summed E-state index contributed by atoms with van der Waals surface area (Å²) in [6.45, 7) is 7.42. The second-order valence-electron chi connectivity index (χ2n) is 7.21. The van der Waals surface area contributed by atoms with E-state index >= 15 is 0 Å². The summed E-state index contributed by atoms with van der Waals surface area (Å²) in [5.41, 5.74) is 1.81. The molecule has 0 heterocycles. The first kappa shape index (κ1) is 23.0. The van der Waals surface area contributed by atoms with E-state index in [4.69, 9.17) is 27.9 Å². The number of amides is 2. The number of carbonyl (C=O) groups excluding carboxylic acids is 2. The van der Waals surface area contributed by atoms with E-state index in [1.54, 1.807) is 31.2 Å². The number of hydrogen-bond donors (Lipinski definition) is 1. The van der Waals surface area contributed by atoms with Crippen LogP contribution in [0, 0.1) is 6.92 Å². The summed E-state index contributed by atoms with van der Waals surface area (Å²) in [5.74, 6) is 0.0695. The topological polar surface area (TPSA) is 58.6 Å². The smallest absolute Gasteiger partial charge is 0.261 e. The van der Waals surface area contributed by atoms with Crippen LogP contribution in [0.25, 0.3) is 0 Å². The summed E-state index contributed by atoms with van der Waals surface area (Å²) < 4.78 is 5.65. The lowest BCUT2D eigenvalue weighted by Crippen LogP contribution is -2.50. The van der Waals surface area contributed by atoms with Gasteiger partial charge in [0.05, 0.1) is 10.0 Å². The van der Waals surface area contributed by atoms with Crippen molar-refractivity contribution in [2.24, 2.45) is 0 Å². The summed E-state index contributed by atoms with van der Waals surface area (Å²) in [4.78, 5) is 27.0. The number of rotatable bonds is 8. The standard InChI is InChI=1S/C22H26Cl2N2O3/c1-14(2)25-22(28)16(4)26(12-17-8-9-19(23)20(24)11-17)21(27)13-29-18-7-5-6-15(3)10-18/h5-11,14,16H,12-13H2,1-4H3,(H,25,28)/t16-/m0/s1. The second-order valence-corrected chi connectivity index (χ2v) is 8.03. The molecule has 0 radical (unpaired) electrons. The number of carbonyl (C=O) groups is 2. The van der Waals surface area contributed by atoms with Crippen molar-refractivity contribution in [1.29, 1.82) is 0 Å². The zero-order chi connectivity index (χ0) is 21.6. The van der Waals surface area contributed by atoms with Crippen LogP contribution in [0.4, 0.5) is 0 Å². The van der Waals surface area contributed by atoms with E-state index in [1.165, 1.54) is 4.90 Å². The van der Waals surface area contributed by atoms with E-state index in [0.717, 1.165) is 11.1 Å². The van der Waals surface area contributed by atoms with Gasteiger partial charge in [-0.2, -0.15) is 0 Å². The van der Waals surface area contributed by atoms with Gasteiger partial charge in [-0.15, -0.1) is 0 Å². The van der Waals surface area contributed by atoms with E-state index in [9.17, 15) is 9.59 Å². The summed E-state index contributed by atoms with van der Waals surface area (Å²) in [6, 6.07) is 11.9. The van der Waals surface area contributed by atoms with Gasteiger partial charge >= 0.3 is 0 Å². The Bertz CT molecular complexity index is 871. The first-order valence-electron chi connectivity index (χ1n) is 9.40. The predicted molar refractivity (Wildman–Crippen MR) is 116 cm³/mol. The zero-order valence-corrected chi connectivity index (χ0v) is 18.6. The van der Waals surface area contributed by atoms with Gasteiger partial charge in [0.25, 0.3) is 5.91 Å². The van der Waals surface area contributed by atoms with Gasteiger partial charge in [0.2, 0.25) is 5.91 Å². The maximum Gasteiger partial charge on any atom is 0.261 e. The molecule has 2 rings (SSSR count). The van der Waals surface area contributed by atoms with Crippen LogP contribution in [0.5, 0.6) is 5.75 Å². The molecule has 1 N–H and O–H groups in total. The number of hydrogen-bond acceptors (Lipinski definition) is 3. The highest BCUT2D eigenvalue weighted by molar-refractivity contribution is 6.42. The van der Waals surface area contributed by atoms with Gasteiger partial charge in [-0.1, -0.05) is 41.4 Å². The number of aryl methyl sites for hydroxylation is 1. The maximum atomic E-state index is 13.0. The van der Waals surface area contributed by atoms with E-state index in [2.05, 4.69) is 5.32 Å². The zero-order valence-electron chi connectivity index (χ0n) is 17.0. The average Bonchev–Trinajstić information content (AvgIpc) is 2.66. The summed E-state index contributed by atoms with van der Waals surface area (Å²) in [7, 11) is 0. The molecule has 2 amide bonds. The van der Waals surface area contributed by atoms with Crippen LogP contribution in [0.2, 0.25) is 10.0 Å². The summed E-state index contributed by atoms with van der Waals surface area (Å²) in [6.07, 6.45) is 0. The van der Waals surface area contributed by atoms with Crippen LogP contribution in [0.15, 0.2) is 42.5 Å². The number of nitrogens with one attached hydrogen (secondary N) is 1. The molecule has 0 saturated heterocycles. The van der Waals surface area contributed by atoms with Crippen molar-refractivity contribution in [3.05, 3.63) is 63.6 Å². The van der Waals surface area contributed by atoms with Crippen molar-refractivity contribution < 1.29 is 14.3 Å². The molecule has 2 aromatic rings.